The third-order valence-electron chi connectivity index (χ3n) is 4.49. The van der Waals surface area contributed by atoms with Crippen LogP contribution in [0.1, 0.15) is 48.4 Å². The van der Waals surface area contributed by atoms with Crippen LogP contribution in [0.5, 0.6) is 5.75 Å². The Morgan fingerprint density at radius 3 is 2.90 bits per heavy atom. The van der Waals surface area contributed by atoms with E-state index in [4.69, 9.17) is 5.11 Å². The number of aliphatic carboxylic acids is 1. The first-order chi connectivity index (χ1) is 10.1. The number of nitrogens with zero attached hydrogens (tertiary/aromatic N) is 1. The van der Waals surface area contributed by atoms with E-state index >= 15 is 0 Å². The Balaban J connectivity index is 1.82. The van der Waals surface area contributed by atoms with E-state index in [9.17, 15) is 14.7 Å². The molecule has 0 aromatic heterocycles. The molecule has 1 aromatic rings. The molecule has 2 aliphatic rings. The summed E-state index contributed by atoms with van der Waals surface area (Å²) in [4.78, 5) is 24.3. The fraction of sp³-hybridized carbons (Fsp3) is 0.500. The fourth-order valence-corrected chi connectivity index (χ4v) is 3.44. The number of carbonyl (C=O) groups excluding carboxylic acids is 1. The summed E-state index contributed by atoms with van der Waals surface area (Å²) in [5.41, 5.74) is 3.06. The highest BCUT2D eigenvalue weighted by atomic mass is 16.4. The maximum absolute atomic E-state index is 11.8. The molecule has 1 unspecified atom stereocenters. The molecule has 0 saturated carbocycles. The number of amides is 1. The zero-order chi connectivity index (χ0) is 15.0. The van der Waals surface area contributed by atoms with Gasteiger partial charge in [0.25, 0.3) is 0 Å². The first kappa shape index (κ1) is 13.9. The highest BCUT2D eigenvalue weighted by molar-refractivity contribution is 5.79. The summed E-state index contributed by atoms with van der Waals surface area (Å²) in [6.07, 6.45) is 3.43. The van der Waals surface area contributed by atoms with Gasteiger partial charge in [-0.25, -0.2) is 0 Å². The van der Waals surface area contributed by atoms with Crippen molar-refractivity contribution in [3.8, 4) is 5.75 Å². The number of hydrogen-bond donors (Lipinski definition) is 2. The standard InChI is InChI=1S/C16H19NO4/c18-14-9-12-10(8-11(14)2-1-3-16(20)21)6-7-17-13(12)4-5-15(17)19/h8-9,13,18H,1-7H2,(H,20,21). The monoisotopic (exact) mass is 289 g/mol. The smallest absolute Gasteiger partial charge is 0.303 e. The number of phenols is 1. The molecule has 21 heavy (non-hydrogen) atoms. The van der Waals surface area contributed by atoms with Crippen LogP contribution in [0.3, 0.4) is 0 Å². The van der Waals surface area contributed by atoms with Crippen LogP contribution >= 0.6 is 0 Å². The van der Waals surface area contributed by atoms with Crippen molar-refractivity contribution in [2.75, 3.05) is 6.54 Å². The summed E-state index contributed by atoms with van der Waals surface area (Å²) in [6, 6.07) is 3.88. The van der Waals surface area contributed by atoms with Gasteiger partial charge in [0.15, 0.2) is 0 Å². The van der Waals surface area contributed by atoms with Crippen LogP contribution in [-0.2, 0) is 22.4 Å². The topological polar surface area (TPSA) is 77.8 Å². The van der Waals surface area contributed by atoms with Crippen molar-refractivity contribution in [1.82, 2.24) is 4.90 Å². The molecule has 5 heteroatoms. The van der Waals surface area contributed by atoms with E-state index in [1.807, 2.05) is 11.0 Å². The molecule has 2 aliphatic heterocycles. The van der Waals surface area contributed by atoms with Gasteiger partial charge in [0.2, 0.25) is 5.91 Å². The van der Waals surface area contributed by atoms with E-state index in [1.165, 1.54) is 5.56 Å². The number of rotatable bonds is 4. The van der Waals surface area contributed by atoms with E-state index in [2.05, 4.69) is 0 Å². The molecule has 0 aliphatic carbocycles. The van der Waals surface area contributed by atoms with Gasteiger partial charge >= 0.3 is 5.97 Å². The molecule has 1 saturated heterocycles. The fourth-order valence-electron chi connectivity index (χ4n) is 3.44. The number of phenolic OH excluding ortho intramolecular Hbond substituents is 1. The van der Waals surface area contributed by atoms with E-state index in [1.54, 1.807) is 6.07 Å². The van der Waals surface area contributed by atoms with Gasteiger partial charge in [-0.15, -0.1) is 0 Å². The lowest BCUT2D eigenvalue weighted by atomic mass is 9.89. The predicted octanol–water partition coefficient (Wildman–Crippen LogP) is 2.02. The molecule has 2 N–H and O–H groups in total. The maximum atomic E-state index is 11.8. The van der Waals surface area contributed by atoms with Crippen molar-refractivity contribution in [2.24, 2.45) is 0 Å². The van der Waals surface area contributed by atoms with Crippen molar-refractivity contribution >= 4 is 11.9 Å². The van der Waals surface area contributed by atoms with Gasteiger partial charge in [0, 0.05) is 19.4 Å². The average Bonchev–Trinajstić information content (AvgIpc) is 2.81. The van der Waals surface area contributed by atoms with E-state index in [0.717, 1.165) is 30.5 Å². The number of carbonyl (C=O) groups is 2. The number of carboxylic acids is 1. The minimum atomic E-state index is -0.812. The zero-order valence-corrected chi connectivity index (χ0v) is 11.8. The lowest BCUT2D eigenvalue weighted by molar-refractivity contribution is -0.137. The molecule has 2 heterocycles. The first-order valence-corrected chi connectivity index (χ1v) is 7.42. The molecule has 5 nitrogen and oxygen atoms in total. The van der Waals surface area contributed by atoms with Crippen molar-refractivity contribution < 1.29 is 19.8 Å². The highest BCUT2D eigenvalue weighted by Gasteiger charge is 2.36. The van der Waals surface area contributed by atoms with Gasteiger partial charge in [-0.3, -0.25) is 9.59 Å². The second-order valence-corrected chi connectivity index (χ2v) is 5.82. The quantitative estimate of drug-likeness (QED) is 0.889. The number of carboxylic acid groups (broad SMARTS) is 1. The van der Waals surface area contributed by atoms with Gasteiger partial charge in [0.05, 0.1) is 6.04 Å². The number of benzene rings is 1. The summed E-state index contributed by atoms with van der Waals surface area (Å²) in [5, 5.41) is 18.8. The van der Waals surface area contributed by atoms with Crippen LogP contribution < -0.4 is 0 Å². The summed E-state index contributed by atoms with van der Waals surface area (Å²) < 4.78 is 0. The SMILES string of the molecule is O=C(O)CCCc1cc2c(cc1O)C1CCC(=O)N1CC2. The lowest BCUT2D eigenvalue weighted by Crippen LogP contribution is -2.34. The summed E-state index contributed by atoms with van der Waals surface area (Å²) in [6.45, 7) is 0.746. The van der Waals surface area contributed by atoms with Crippen molar-refractivity contribution in [3.63, 3.8) is 0 Å². The molecule has 0 radical (unpaired) electrons. The van der Waals surface area contributed by atoms with Gasteiger partial charge in [-0.2, -0.15) is 0 Å². The molecule has 1 fully saturated rings. The predicted molar refractivity (Wildman–Crippen MR) is 76.1 cm³/mol. The molecule has 3 rings (SSSR count). The summed E-state index contributed by atoms with van der Waals surface area (Å²) >= 11 is 0. The second-order valence-electron chi connectivity index (χ2n) is 5.82. The number of aryl methyl sites for hydroxylation is 1. The van der Waals surface area contributed by atoms with Crippen LogP contribution in [0.4, 0.5) is 0 Å². The third kappa shape index (κ3) is 2.60. The second kappa shape index (κ2) is 5.39. The van der Waals surface area contributed by atoms with Crippen molar-refractivity contribution in [2.45, 2.75) is 44.6 Å². The molecular weight excluding hydrogens is 270 g/mol. The van der Waals surface area contributed by atoms with Crippen molar-refractivity contribution in [3.05, 3.63) is 28.8 Å². The van der Waals surface area contributed by atoms with Gasteiger partial charge in [-0.1, -0.05) is 6.07 Å². The summed E-state index contributed by atoms with van der Waals surface area (Å²) in [7, 11) is 0. The minimum Gasteiger partial charge on any atom is -0.508 e. The Morgan fingerprint density at radius 1 is 1.33 bits per heavy atom. The third-order valence-corrected chi connectivity index (χ3v) is 4.49. The average molecular weight is 289 g/mol. The van der Waals surface area contributed by atoms with Gasteiger partial charge in [0.1, 0.15) is 5.75 Å². The molecule has 0 bridgehead atoms. The molecular formula is C16H19NO4. The normalized spacial score (nSPS) is 20.3. The van der Waals surface area contributed by atoms with Gasteiger partial charge in [-0.05, 0) is 48.4 Å². The van der Waals surface area contributed by atoms with E-state index in [-0.39, 0.29) is 24.1 Å². The Hall–Kier alpha value is -2.04. The molecule has 1 amide bonds. The first-order valence-electron chi connectivity index (χ1n) is 7.42. The largest absolute Gasteiger partial charge is 0.508 e. The van der Waals surface area contributed by atoms with E-state index in [0.29, 0.717) is 19.3 Å². The number of fused-ring (bicyclic) bond motifs is 3. The van der Waals surface area contributed by atoms with Crippen LogP contribution in [0.15, 0.2) is 12.1 Å². The molecule has 112 valence electrons. The number of aromatic hydroxyl groups is 1. The highest BCUT2D eigenvalue weighted by Crippen LogP contribution is 2.40. The lowest BCUT2D eigenvalue weighted by Gasteiger charge is -2.32. The Morgan fingerprint density at radius 2 is 2.14 bits per heavy atom. The van der Waals surface area contributed by atoms with Gasteiger partial charge < -0.3 is 15.1 Å². The zero-order valence-electron chi connectivity index (χ0n) is 11.8. The number of hydrogen-bond acceptors (Lipinski definition) is 3. The Labute approximate surface area is 123 Å². The molecule has 1 atom stereocenters. The van der Waals surface area contributed by atoms with Crippen LogP contribution in [0.25, 0.3) is 0 Å². The maximum Gasteiger partial charge on any atom is 0.303 e. The summed E-state index contributed by atoms with van der Waals surface area (Å²) in [5.74, 6) is -0.386. The Kier molecular flexibility index (Phi) is 3.57. The van der Waals surface area contributed by atoms with Crippen LogP contribution in [-0.4, -0.2) is 33.5 Å². The molecule has 1 aromatic carbocycles. The van der Waals surface area contributed by atoms with Crippen LogP contribution in [0.2, 0.25) is 0 Å². The van der Waals surface area contributed by atoms with Crippen molar-refractivity contribution in [1.29, 1.82) is 0 Å². The Bertz CT molecular complexity index is 596. The molecule has 0 spiro atoms. The minimum absolute atomic E-state index is 0.111. The van der Waals surface area contributed by atoms with E-state index < -0.39 is 5.97 Å². The van der Waals surface area contributed by atoms with Crippen LogP contribution in [0, 0.1) is 0 Å².